The fraction of sp³-hybridized carbons (Fsp3) is 0.405. The Bertz CT molecular complexity index is 1870. The molecule has 2 heterocycles. The number of rotatable bonds is 16. The number of benzene rings is 3. The Morgan fingerprint density at radius 1 is 0.962 bits per heavy atom. The summed E-state index contributed by atoms with van der Waals surface area (Å²) in [7, 11) is 0. The second kappa shape index (κ2) is 17.1. The molecule has 0 spiro atoms. The molecule has 0 aromatic heterocycles. The number of unbranched alkanes of at least 4 members (excludes halogenated alkanes) is 1. The van der Waals surface area contributed by atoms with Crippen molar-refractivity contribution in [1.82, 2.24) is 9.80 Å². The molecule has 282 valence electrons. The van der Waals surface area contributed by atoms with E-state index in [0.717, 1.165) is 35.6 Å². The van der Waals surface area contributed by atoms with E-state index in [9.17, 15) is 32.9 Å². The van der Waals surface area contributed by atoms with Crippen molar-refractivity contribution in [2.24, 2.45) is 0 Å². The maximum atomic E-state index is 14.5. The molecule has 1 aliphatic carbocycles. The molecule has 2 aliphatic heterocycles. The number of ether oxygens (including phenoxy) is 4. The Labute approximate surface area is 308 Å². The van der Waals surface area contributed by atoms with Gasteiger partial charge in [-0.25, -0.2) is 13.6 Å². The predicted octanol–water partition coefficient (Wildman–Crippen LogP) is 7.27. The van der Waals surface area contributed by atoms with Crippen molar-refractivity contribution >= 4 is 29.2 Å². The highest BCUT2D eigenvalue weighted by molar-refractivity contribution is 6.31. The molecule has 53 heavy (non-hydrogen) atoms. The first kappa shape index (κ1) is 37.6. The lowest BCUT2D eigenvalue weighted by atomic mass is 9.91. The van der Waals surface area contributed by atoms with E-state index in [1.807, 2.05) is 24.3 Å². The van der Waals surface area contributed by atoms with Crippen LogP contribution in [0.15, 0.2) is 54.1 Å². The lowest BCUT2D eigenvalue weighted by Crippen LogP contribution is -2.43. The lowest BCUT2D eigenvalue weighted by molar-refractivity contribution is -0.757. The van der Waals surface area contributed by atoms with Crippen LogP contribution in [0.2, 0.25) is 5.02 Å². The van der Waals surface area contributed by atoms with Gasteiger partial charge in [0.15, 0.2) is 28.9 Å². The molecule has 16 heteroatoms. The Hall–Kier alpha value is -5.18. The van der Waals surface area contributed by atoms with Crippen molar-refractivity contribution in [3.8, 4) is 17.2 Å². The van der Waals surface area contributed by atoms with Crippen LogP contribution in [0.3, 0.4) is 0 Å². The maximum Gasteiger partial charge on any atom is 0.410 e. The number of carbonyl (C=O) groups excluding carboxylic acids is 2. The monoisotopic (exact) mass is 759 g/mol. The topological polar surface area (TPSA) is 130 Å². The van der Waals surface area contributed by atoms with Gasteiger partial charge in [-0.3, -0.25) is 4.79 Å². The van der Waals surface area contributed by atoms with Crippen LogP contribution >= 0.6 is 11.6 Å². The predicted molar refractivity (Wildman–Crippen MR) is 184 cm³/mol. The fourth-order valence-corrected chi connectivity index (χ4v) is 6.40. The smallest absolute Gasteiger partial charge is 0.410 e. The van der Waals surface area contributed by atoms with Crippen LogP contribution in [0.1, 0.15) is 55.2 Å². The van der Waals surface area contributed by atoms with Gasteiger partial charge in [0.2, 0.25) is 12.6 Å². The summed E-state index contributed by atoms with van der Waals surface area (Å²) in [5.41, 5.74) is 3.63. The van der Waals surface area contributed by atoms with Gasteiger partial charge in [-0.1, -0.05) is 35.9 Å². The number of nitrogens with zero attached hydrogens (tertiary/aromatic N) is 3. The Morgan fingerprint density at radius 3 is 2.42 bits per heavy atom. The Kier molecular flexibility index (Phi) is 12.1. The average molecular weight is 760 g/mol. The standard InChI is InChI=1S/C37H37ClF3N3O9/c38-29-19-33-32(51-22-52-33)18-25(29)20-43(26-9-10-26)36(45)28-21-42(37(46)50-15-1-2-17-53-44(47)48)14-13-27(28)24-7-5-23(6-8-24)4-3-16-49-35-31(40)12-11-30(39)34(35)41/h5-8,11-12,18-19,26H,1-4,9-10,13-17,20-22H2. The molecule has 0 N–H and O–H groups in total. The fourth-order valence-electron chi connectivity index (χ4n) is 6.18. The maximum absolute atomic E-state index is 14.5. The van der Waals surface area contributed by atoms with Gasteiger partial charge in [0.25, 0.3) is 11.0 Å². The summed E-state index contributed by atoms with van der Waals surface area (Å²) in [5.74, 6) is -3.44. The minimum absolute atomic E-state index is 0.00180. The summed E-state index contributed by atoms with van der Waals surface area (Å²) in [6, 6.07) is 12.5. The van der Waals surface area contributed by atoms with Gasteiger partial charge in [-0.15, -0.1) is 10.1 Å². The highest BCUT2D eigenvalue weighted by Crippen LogP contribution is 2.40. The molecular weight excluding hydrogens is 723 g/mol. The summed E-state index contributed by atoms with van der Waals surface area (Å²) >= 11 is 6.61. The molecular formula is C37H37ClF3N3O9. The van der Waals surface area contributed by atoms with Crippen molar-refractivity contribution in [2.45, 2.75) is 57.5 Å². The highest BCUT2D eigenvalue weighted by atomic mass is 35.5. The van der Waals surface area contributed by atoms with Crippen molar-refractivity contribution in [3.05, 3.63) is 103 Å². The normalized spacial score (nSPS) is 15.0. The number of aryl methyl sites for hydroxylation is 1. The molecule has 1 fully saturated rings. The van der Waals surface area contributed by atoms with Crippen molar-refractivity contribution in [1.29, 1.82) is 0 Å². The molecule has 3 aromatic carbocycles. The Balaban J connectivity index is 1.17. The van der Waals surface area contributed by atoms with E-state index in [1.54, 1.807) is 17.0 Å². The van der Waals surface area contributed by atoms with Gasteiger partial charge in [0, 0.05) is 35.8 Å². The van der Waals surface area contributed by atoms with Gasteiger partial charge in [-0.05, 0) is 85.4 Å². The van der Waals surface area contributed by atoms with Crippen LogP contribution in [-0.2, 0) is 27.3 Å². The SMILES string of the molecule is O=C(OCCCCO[N+](=O)[O-])N1CCC(c2ccc(CCCOc3c(F)ccc(F)c3F)cc2)=C(C(=O)N(Cc2cc3c(cc2Cl)OCO3)C2CC2)C1. The van der Waals surface area contributed by atoms with Gasteiger partial charge in [-0.2, -0.15) is 4.39 Å². The van der Waals surface area contributed by atoms with Crippen LogP contribution in [0.25, 0.3) is 5.57 Å². The number of hydrogen-bond acceptors (Lipinski definition) is 9. The summed E-state index contributed by atoms with van der Waals surface area (Å²) in [6.45, 7) is 0.483. The van der Waals surface area contributed by atoms with Gasteiger partial charge >= 0.3 is 6.09 Å². The molecule has 0 atom stereocenters. The lowest BCUT2D eigenvalue weighted by Gasteiger charge is -2.33. The zero-order valence-corrected chi connectivity index (χ0v) is 29.4. The van der Waals surface area contributed by atoms with Crippen LogP contribution in [0.4, 0.5) is 18.0 Å². The van der Waals surface area contributed by atoms with E-state index in [1.165, 1.54) is 4.90 Å². The number of amides is 2. The molecule has 0 radical (unpaired) electrons. The van der Waals surface area contributed by atoms with E-state index in [4.69, 9.17) is 30.5 Å². The summed E-state index contributed by atoms with van der Waals surface area (Å²) < 4.78 is 63.0. The molecule has 0 unspecified atom stereocenters. The van der Waals surface area contributed by atoms with Crippen molar-refractivity contribution in [3.63, 3.8) is 0 Å². The van der Waals surface area contributed by atoms with Gasteiger partial charge in [0.05, 0.1) is 26.4 Å². The average Bonchev–Trinajstić information content (AvgIpc) is 3.90. The zero-order valence-electron chi connectivity index (χ0n) is 28.6. The molecule has 0 bridgehead atoms. The molecule has 3 aliphatic rings. The van der Waals surface area contributed by atoms with Gasteiger partial charge < -0.3 is 33.6 Å². The third-order valence-corrected chi connectivity index (χ3v) is 9.47. The number of halogens is 4. The third-order valence-electron chi connectivity index (χ3n) is 9.11. The van der Waals surface area contributed by atoms with Crippen LogP contribution in [-0.4, -0.2) is 72.6 Å². The molecule has 0 saturated heterocycles. The number of fused-ring (bicyclic) bond motifs is 1. The van der Waals surface area contributed by atoms with E-state index in [-0.39, 0.29) is 51.7 Å². The minimum Gasteiger partial charge on any atom is -0.488 e. The van der Waals surface area contributed by atoms with Crippen molar-refractivity contribution < 1.29 is 51.6 Å². The minimum atomic E-state index is -1.37. The summed E-state index contributed by atoms with van der Waals surface area (Å²) in [6.07, 6.45) is 3.01. The molecule has 3 aromatic rings. The van der Waals surface area contributed by atoms with Crippen LogP contribution in [0, 0.1) is 27.6 Å². The second-order valence-electron chi connectivity index (χ2n) is 12.8. The number of hydrogen-bond donors (Lipinski definition) is 0. The van der Waals surface area contributed by atoms with E-state index in [2.05, 4.69) is 4.84 Å². The highest BCUT2D eigenvalue weighted by Gasteiger charge is 2.38. The third kappa shape index (κ3) is 9.44. The Morgan fingerprint density at radius 2 is 1.68 bits per heavy atom. The largest absolute Gasteiger partial charge is 0.488 e. The van der Waals surface area contributed by atoms with E-state index in [0.29, 0.717) is 72.4 Å². The first-order valence-corrected chi connectivity index (χ1v) is 17.6. The molecule has 6 rings (SSSR count). The van der Waals surface area contributed by atoms with E-state index < -0.39 is 34.4 Å². The molecule has 1 saturated carbocycles. The van der Waals surface area contributed by atoms with Crippen LogP contribution in [0.5, 0.6) is 17.2 Å². The van der Waals surface area contributed by atoms with Crippen molar-refractivity contribution in [2.75, 3.05) is 39.7 Å². The van der Waals surface area contributed by atoms with E-state index >= 15 is 0 Å². The molecule has 12 nitrogen and oxygen atoms in total. The second-order valence-corrected chi connectivity index (χ2v) is 13.2. The quantitative estimate of drug-likeness (QED) is 0.0641. The summed E-state index contributed by atoms with van der Waals surface area (Å²) in [4.78, 5) is 45.6. The number of carbonyl (C=O) groups is 2. The first-order valence-electron chi connectivity index (χ1n) is 17.2. The van der Waals surface area contributed by atoms with Gasteiger partial charge in [0.1, 0.15) is 0 Å². The zero-order chi connectivity index (χ0) is 37.5. The van der Waals surface area contributed by atoms with Crippen LogP contribution < -0.4 is 14.2 Å². The molecule has 2 amide bonds. The first-order chi connectivity index (χ1) is 25.6. The summed E-state index contributed by atoms with van der Waals surface area (Å²) in [5, 5.41) is 9.93.